The quantitative estimate of drug-likeness (QED) is 0.742. The summed E-state index contributed by atoms with van der Waals surface area (Å²) >= 11 is 0. The Labute approximate surface area is 123 Å². The van der Waals surface area contributed by atoms with Gasteiger partial charge in [0.25, 0.3) is 0 Å². The molecular formula is C14H20N4O3. The molecule has 2 amide bonds. The van der Waals surface area contributed by atoms with Crippen molar-refractivity contribution in [3.05, 3.63) is 35.9 Å². The van der Waals surface area contributed by atoms with Crippen LogP contribution in [0.4, 0.5) is 4.79 Å². The van der Waals surface area contributed by atoms with Gasteiger partial charge in [-0.3, -0.25) is 5.43 Å². The monoisotopic (exact) mass is 292 g/mol. The van der Waals surface area contributed by atoms with Gasteiger partial charge in [-0.25, -0.2) is 14.6 Å². The van der Waals surface area contributed by atoms with E-state index in [2.05, 4.69) is 15.6 Å². The first kappa shape index (κ1) is 15.3. The van der Waals surface area contributed by atoms with Gasteiger partial charge in [0.15, 0.2) is 6.04 Å². The predicted molar refractivity (Wildman–Crippen MR) is 77.6 cm³/mol. The number of aliphatic carboxylic acids is 1. The average molecular weight is 292 g/mol. The first-order valence-electron chi connectivity index (χ1n) is 6.84. The summed E-state index contributed by atoms with van der Waals surface area (Å²) < 4.78 is 0. The molecule has 0 unspecified atom stereocenters. The molecule has 0 spiro atoms. The fourth-order valence-corrected chi connectivity index (χ4v) is 2.16. The lowest BCUT2D eigenvalue weighted by Crippen LogP contribution is -2.55. The van der Waals surface area contributed by atoms with Crippen molar-refractivity contribution in [3.63, 3.8) is 0 Å². The van der Waals surface area contributed by atoms with E-state index in [0.29, 0.717) is 18.7 Å². The molecule has 1 aromatic carbocycles. The summed E-state index contributed by atoms with van der Waals surface area (Å²) in [6.07, 6.45) is 0. The molecule has 2 rings (SSSR count). The minimum absolute atomic E-state index is 0.504. The van der Waals surface area contributed by atoms with Crippen LogP contribution < -0.4 is 10.7 Å². The van der Waals surface area contributed by atoms with E-state index < -0.39 is 18.0 Å². The Morgan fingerprint density at radius 3 is 2.33 bits per heavy atom. The number of hydrazine groups is 1. The van der Waals surface area contributed by atoms with E-state index in [1.807, 2.05) is 7.05 Å². The molecule has 1 aliphatic heterocycles. The van der Waals surface area contributed by atoms with E-state index in [-0.39, 0.29) is 0 Å². The Morgan fingerprint density at radius 1 is 1.14 bits per heavy atom. The van der Waals surface area contributed by atoms with E-state index in [1.54, 1.807) is 35.3 Å². The molecule has 0 aromatic heterocycles. The Bertz CT molecular complexity index is 486. The van der Waals surface area contributed by atoms with Crippen LogP contribution in [-0.4, -0.2) is 60.2 Å². The van der Waals surface area contributed by atoms with Gasteiger partial charge in [-0.1, -0.05) is 30.3 Å². The number of hydrogen-bond acceptors (Lipinski definition) is 4. The van der Waals surface area contributed by atoms with Crippen molar-refractivity contribution in [2.75, 3.05) is 33.2 Å². The van der Waals surface area contributed by atoms with Crippen LogP contribution in [-0.2, 0) is 4.79 Å². The molecule has 1 fully saturated rings. The van der Waals surface area contributed by atoms with E-state index in [1.165, 1.54) is 0 Å². The zero-order valence-corrected chi connectivity index (χ0v) is 12.0. The third kappa shape index (κ3) is 4.44. The first-order valence-corrected chi connectivity index (χ1v) is 6.84. The summed E-state index contributed by atoms with van der Waals surface area (Å²) in [5, 5.41) is 13.5. The summed E-state index contributed by atoms with van der Waals surface area (Å²) in [5.41, 5.74) is 3.23. The third-order valence-electron chi connectivity index (χ3n) is 3.42. The van der Waals surface area contributed by atoms with Crippen LogP contribution in [0.15, 0.2) is 30.3 Å². The van der Waals surface area contributed by atoms with Gasteiger partial charge in [-0.05, 0) is 12.6 Å². The second-order valence-corrected chi connectivity index (χ2v) is 5.06. The lowest BCUT2D eigenvalue weighted by Gasteiger charge is -2.32. The molecule has 3 N–H and O–H groups in total. The number of carboxylic acid groups (broad SMARTS) is 1. The second-order valence-electron chi connectivity index (χ2n) is 5.06. The highest BCUT2D eigenvalue weighted by molar-refractivity contribution is 5.83. The molecule has 114 valence electrons. The van der Waals surface area contributed by atoms with Crippen molar-refractivity contribution in [1.82, 2.24) is 20.7 Å². The number of piperazine rings is 1. The molecule has 1 aromatic rings. The molecule has 7 nitrogen and oxygen atoms in total. The van der Waals surface area contributed by atoms with Crippen LogP contribution in [0.5, 0.6) is 0 Å². The molecule has 0 radical (unpaired) electrons. The van der Waals surface area contributed by atoms with Gasteiger partial charge in [0.1, 0.15) is 0 Å². The average Bonchev–Trinajstić information content (AvgIpc) is 2.48. The van der Waals surface area contributed by atoms with Gasteiger partial charge in [0.2, 0.25) is 0 Å². The van der Waals surface area contributed by atoms with Crippen LogP contribution in [0.3, 0.4) is 0 Å². The van der Waals surface area contributed by atoms with Gasteiger partial charge in [0.05, 0.1) is 0 Å². The summed E-state index contributed by atoms with van der Waals surface area (Å²) in [4.78, 5) is 25.4. The smallest absolute Gasteiger partial charge is 0.330 e. The lowest BCUT2D eigenvalue weighted by molar-refractivity contribution is -0.139. The molecule has 0 aliphatic carbocycles. The van der Waals surface area contributed by atoms with E-state index in [9.17, 15) is 14.7 Å². The zero-order chi connectivity index (χ0) is 15.2. The van der Waals surface area contributed by atoms with E-state index in [0.717, 1.165) is 13.1 Å². The molecule has 0 saturated carbocycles. The number of likely N-dealkylation sites (N-methyl/N-ethyl adjacent to an activating group) is 1. The van der Waals surface area contributed by atoms with Crippen LogP contribution in [0.1, 0.15) is 11.6 Å². The number of carbonyl (C=O) groups is 2. The fraction of sp³-hybridized carbons (Fsp3) is 0.429. The number of nitrogens with one attached hydrogen (secondary N) is 2. The maximum Gasteiger partial charge on any atom is 0.330 e. The molecule has 1 atom stereocenters. The number of amides is 2. The second kappa shape index (κ2) is 7.05. The third-order valence-corrected chi connectivity index (χ3v) is 3.42. The number of nitrogens with zero attached hydrogens (tertiary/aromatic N) is 2. The molecule has 7 heteroatoms. The maximum atomic E-state index is 11.9. The highest BCUT2D eigenvalue weighted by Gasteiger charge is 2.23. The van der Waals surface area contributed by atoms with Crippen molar-refractivity contribution in [3.8, 4) is 0 Å². The summed E-state index contributed by atoms with van der Waals surface area (Å²) in [5.74, 6) is -1.09. The zero-order valence-electron chi connectivity index (χ0n) is 12.0. The number of carbonyl (C=O) groups excluding carboxylic acids is 1. The summed E-state index contributed by atoms with van der Waals surface area (Å²) in [6, 6.07) is 7.07. The molecule has 1 heterocycles. The molecule has 1 aliphatic rings. The number of urea groups is 1. The van der Waals surface area contributed by atoms with Crippen LogP contribution in [0.25, 0.3) is 0 Å². The minimum Gasteiger partial charge on any atom is -0.479 e. The van der Waals surface area contributed by atoms with Gasteiger partial charge >= 0.3 is 12.0 Å². The van der Waals surface area contributed by atoms with E-state index >= 15 is 0 Å². The Kier molecular flexibility index (Phi) is 5.13. The topological polar surface area (TPSA) is 84.9 Å². The normalized spacial score (nSPS) is 18.0. The molecule has 21 heavy (non-hydrogen) atoms. The standard InChI is InChI=1S/C14H20N4O3/c1-17-7-9-18(10-8-17)16-14(21)15-12(13(19)20)11-5-3-2-4-6-11/h2-6,12H,7-10H2,1H3,(H,19,20)(H2,15,16,21)/t12-/m1/s1. The SMILES string of the molecule is CN1CCN(NC(=O)N[C@@H](C(=O)O)c2ccccc2)CC1. The molecular weight excluding hydrogens is 272 g/mol. The summed E-state index contributed by atoms with van der Waals surface area (Å²) in [7, 11) is 2.02. The number of carboxylic acids is 1. The van der Waals surface area contributed by atoms with Crippen molar-refractivity contribution >= 4 is 12.0 Å². The minimum atomic E-state index is -1.09. The largest absolute Gasteiger partial charge is 0.479 e. The molecule has 0 bridgehead atoms. The molecule has 1 saturated heterocycles. The van der Waals surface area contributed by atoms with Crippen molar-refractivity contribution < 1.29 is 14.7 Å². The fourth-order valence-electron chi connectivity index (χ4n) is 2.16. The van der Waals surface area contributed by atoms with Crippen LogP contribution in [0.2, 0.25) is 0 Å². The first-order chi connectivity index (χ1) is 10.1. The number of hydrogen-bond donors (Lipinski definition) is 3. The highest BCUT2D eigenvalue weighted by atomic mass is 16.4. The van der Waals surface area contributed by atoms with Crippen molar-refractivity contribution in [2.45, 2.75) is 6.04 Å². The summed E-state index contributed by atoms with van der Waals surface area (Å²) in [6.45, 7) is 3.16. The maximum absolute atomic E-state index is 11.9. The van der Waals surface area contributed by atoms with Gasteiger partial charge in [-0.15, -0.1) is 0 Å². The van der Waals surface area contributed by atoms with Crippen molar-refractivity contribution in [2.24, 2.45) is 0 Å². The Hall–Kier alpha value is -2.12. The lowest BCUT2D eigenvalue weighted by atomic mass is 10.1. The van der Waals surface area contributed by atoms with Gasteiger partial charge < -0.3 is 15.3 Å². The van der Waals surface area contributed by atoms with Crippen LogP contribution >= 0.6 is 0 Å². The highest BCUT2D eigenvalue weighted by Crippen LogP contribution is 2.12. The number of benzene rings is 1. The van der Waals surface area contributed by atoms with Crippen LogP contribution in [0, 0.1) is 0 Å². The Morgan fingerprint density at radius 2 is 1.76 bits per heavy atom. The number of rotatable bonds is 4. The van der Waals surface area contributed by atoms with Crippen molar-refractivity contribution in [1.29, 1.82) is 0 Å². The van der Waals surface area contributed by atoms with E-state index in [4.69, 9.17) is 0 Å². The van der Waals surface area contributed by atoms with Gasteiger partial charge in [0, 0.05) is 26.2 Å². The predicted octanol–water partition coefficient (Wildman–Crippen LogP) is 0.274. The van der Waals surface area contributed by atoms with Gasteiger partial charge in [-0.2, -0.15) is 0 Å². The Balaban J connectivity index is 1.91.